The van der Waals surface area contributed by atoms with Crippen LogP contribution < -0.4 is 0 Å². The summed E-state index contributed by atoms with van der Waals surface area (Å²) in [6.45, 7) is 0. The average molecular weight is 178 g/mol. The fourth-order valence-electron chi connectivity index (χ4n) is 0.476. The van der Waals surface area contributed by atoms with Gasteiger partial charge in [0.15, 0.2) is 0 Å². The van der Waals surface area contributed by atoms with Gasteiger partial charge in [0.05, 0.1) is 0 Å². The van der Waals surface area contributed by atoms with Crippen LogP contribution in [0.4, 0.5) is 13.2 Å². The zero-order valence-corrected chi connectivity index (χ0v) is 6.04. The molecule has 0 aromatic carbocycles. The van der Waals surface area contributed by atoms with Crippen molar-refractivity contribution in [3.63, 3.8) is 0 Å². The molecule has 1 aromatic rings. The Bertz CT molecular complexity index is 221. The highest BCUT2D eigenvalue weighted by Gasteiger charge is 2.29. The maximum absolute atomic E-state index is 11.6. The third-order valence-corrected chi connectivity index (χ3v) is 1.44. The van der Waals surface area contributed by atoms with Crippen LogP contribution in [0.2, 0.25) is 0 Å². The van der Waals surface area contributed by atoms with Crippen LogP contribution in [-0.2, 0) is 0 Å². The molecular formula is C6H3F3NS. The van der Waals surface area contributed by atoms with Gasteiger partial charge in [0.2, 0.25) is 0 Å². The highest BCUT2D eigenvalue weighted by molar-refractivity contribution is 8.00. The average Bonchev–Trinajstić information content (AvgIpc) is 1.85. The summed E-state index contributed by atoms with van der Waals surface area (Å²) < 4.78 is 34.9. The minimum absolute atomic E-state index is 0.153. The van der Waals surface area contributed by atoms with Gasteiger partial charge in [-0.3, -0.25) is 0 Å². The molecule has 0 fully saturated rings. The lowest BCUT2D eigenvalue weighted by atomic mass is 10.5. The minimum atomic E-state index is -4.27. The number of nitrogens with zero attached hydrogens (tertiary/aromatic N) is 1. The van der Waals surface area contributed by atoms with E-state index in [1.54, 1.807) is 0 Å². The van der Waals surface area contributed by atoms with Crippen LogP contribution in [0.15, 0.2) is 23.4 Å². The molecule has 0 aliphatic rings. The molecule has 5 heteroatoms. The van der Waals surface area contributed by atoms with E-state index in [-0.39, 0.29) is 16.8 Å². The number of rotatable bonds is 1. The molecule has 0 saturated carbocycles. The quantitative estimate of drug-likeness (QED) is 0.613. The number of aromatic nitrogens is 1. The Hall–Kier alpha value is -0.710. The Balaban J connectivity index is 2.66. The van der Waals surface area contributed by atoms with Crippen LogP contribution in [0, 0.1) is 6.07 Å². The Morgan fingerprint density at radius 1 is 1.45 bits per heavy atom. The first kappa shape index (κ1) is 8.39. The summed E-state index contributed by atoms with van der Waals surface area (Å²) in [7, 11) is 0. The van der Waals surface area contributed by atoms with Crippen LogP contribution in [-0.4, -0.2) is 10.5 Å². The van der Waals surface area contributed by atoms with Crippen molar-refractivity contribution in [1.82, 2.24) is 4.98 Å². The first-order valence-corrected chi connectivity index (χ1v) is 3.48. The van der Waals surface area contributed by atoms with Gasteiger partial charge < -0.3 is 0 Å². The molecule has 11 heavy (non-hydrogen) atoms. The van der Waals surface area contributed by atoms with E-state index in [4.69, 9.17) is 0 Å². The van der Waals surface area contributed by atoms with Crippen molar-refractivity contribution in [2.24, 2.45) is 0 Å². The van der Waals surface area contributed by atoms with Gasteiger partial charge in [-0.2, -0.15) is 13.2 Å². The lowest BCUT2D eigenvalue weighted by molar-refractivity contribution is -0.0329. The van der Waals surface area contributed by atoms with E-state index < -0.39 is 5.51 Å². The first-order valence-electron chi connectivity index (χ1n) is 2.66. The van der Waals surface area contributed by atoms with Gasteiger partial charge in [0.1, 0.15) is 5.03 Å². The van der Waals surface area contributed by atoms with Crippen LogP contribution in [0.1, 0.15) is 0 Å². The molecule has 1 rings (SSSR count). The molecule has 1 aromatic heterocycles. The van der Waals surface area contributed by atoms with E-state index in [1.807, 2.05) is 0 Å². The maximum atomic E-state index is 11.6. The molecule has 1 radical (unpaired) electrons. The number of alkyl halides is 3. The molecule has 0 saturated heterocycles. The molecule has 0 aliphatic heterocycles. The summed E-state index contributed by atoms with van der Waals surface area (Å²) in [6, 6.07) is 5.26. The monoisotopic (exact) mass is 178 g/mol. The largest absolute Gasteiger partial charge is 0.447 e. The lowest BCUT2D eigenvalue weighted by Crippen LogP contribution is -1.99. The van der Waals surface area contributed by atoms with Crippen LogP contribution in [0.25, 0.3) is 0 Å². The molecule has 0 atom stereocenters. The van der Waals surface area contributed by atoms with Crippen molar-refractivity contribution < 1.29 is 13.2 Å². The molecular weight excluding hydrogens is 175 g/mol. The van der Waals surface area contributed by atoms with Gasteiger partial charge in [-0.05, 0) is 6.07 Å². The maximum Gasteiger partial charge on any atom is 0.447 e. The van der Waals surface area contributed by atoms with E-state index in [9.17, 15) is 13.2 Å². The van der Waals surface area contributed by atoms with E-state index in [1.165, 1.54) is 18.3 Å². The van der Waals surface area contributed by atoms with Crippen molar-refractivity contribution in [3.05, 3.63) is 24.4 Å². The van der Waals surface area contributed by atoms with Crippen molar-refractivity contribution >= 4 is 11.8 Å². The van der Waals surface area contributed by atoms with Crippen LogP contribution >= 0.6 is 11.8 Å². The predicted octanol–water partition coefficient (Wildman–Crippen LogP) is 2.49. The first-order chi connectivity index (χ1) is 5.08. The fraction of sp³-hybridized carbons (Fsp3) is 0.167. The van der Waals surface area contributed by atoms with Gasteiger partial charge in [-0.25, -0.2) is 4.98 Å². The third kappa shape index (κ3) is 3.27. The zero-order valence-electron chi connectivity index (χ0n) is 5.22. The van der Waals surface area contributed by atoms with Crippen LogP contribution in [0.5, 0.6) is 0 Å². The Kier molecular flexibility index (Phi) is 2.38. The number of pyridine rings is 1. The van der Waals surface area contributed by atoms with Crippen molar-refractivity contribution in [1.29, 1.82) is 0 Å². The molecule has 1 nitrogen and oxygen atoms in total. The smallest absolute Gasteiger partial charge is 0.249 e. The summed E-state index contributed by atoms with van der Waals surface area (Å²) in [5.41, 5.74) is -4.27. The summed E-state index contributed by atoms with van der Waals surface area (Å²) >= 11 is -0.266. The number of hydrogen-bond acceptors (Lipinski definition) is 2. The van der Waals surface area contributed by atoms with Crippen LogP contribution in [0.3, 0.4) is 0 Å². The Morgan fingerprint density at radius 2 is 2.18 bits per heavy atom. The number of halogens is 3. The molecule has 1 heterocycles. The normalized spacial score (nSPS) is 11.5. The van der Waals surface area contributed by atoms with E-state index in [0.29, 0.717) is 0 Å². The van der Waals surface area contributed by atoms with Gasteiger partial charge in [0.25, 0.3) is 0 Å². The van der Waals surface area contributed by atoms with Gasteiger partial charge in [-0.1, -0.05) is 6.07 Å². The van der Waals surface area contributed by atoms with Gasteiger partial charge >= 0.3 is 5.51 Å². The lowest BCUT2D eigenvalue weighted by Gasteiger charge is -2.02. The molecule has 0 N–H and O–H groups in total. The SMILES string of the molecule is FC(F)(F)Sc1[c]cccn1. The van der Waals surface area contributed by atoms with Gasteiger partial charge in [0, 0.05) is 24.0 Å². The molecule has 0 aliphatic carbocycles. The van der Waals surface area contributed by atoms with E-state index in [0.717, 1.165) is 0 Å². The second-order valence-corrected chi connectivity index (χ2v) is 2.69. The second-order valence-electron chi connectivity index (χ2n) is 1.63. The number of hydrogen-bond donors (Lipinski definition) is 0. The molecule has 0 unspecified atom stereocenters. The van der Waals surface area contributed by atoms with E-state index >= 15 is 0 Å². The summed E-state index contributed by atoms with van der Waals surface area (Å²) in [5.74, 6) is 0. The predicted molar refractivity (Wildman–Crippen MR) is 35.0 cm³/mol. The van der Waals surface area contributed by atoms with Gasteiger partial charge in [-0.15, -0.1) is 0 Å². The summed E-state index contributed by atoms with van der Waals surface area (Å²) in [5, 5.41) is -0.153. The Morgan fingerprint density at radius 3 is 2.64 bits per heavy atom. The minimum Gasteiger partial charge on any atom is -0.249 e. The standard InChI is InChI=1S/C6H3F3NS/c7-6(8,9)11-5-3-1-2-4-10-5/h1-2,4H. The number of thioether (sulfide) groups is 1. The highest BCUT2D eigenvalue weighted by atomic mass is 32.2. The van der Waals surface area contributed by atoms with Crippen molar-refractivity contribution in [2.45, 2.75) is 10.5 Å². The highest BCUT2D eigenvalue weighted by Crippen LogP contribution is 2.34. The van der Waals surface area contributed by atoms with Crippen molar-refractivity contribution in [3.8, 4) is 0 Å². The topological polar surface area (TPSA) is 12.9 Å². The molecule has 0 bridgehead atoms. The molecule has 59 valence electrons. The zero-order chi connectivity index (χ0) is 8.32. The third-order valence-electron chi connectivity index (χ3n) is 0.793. The summed E-state index contributed by atoms with van der Waals surface area (Å²) in [6.07, 6.45) is 1.30. The fourth-order valence-corrected chi connectivity index (χ4v) is 0.936. The Labute approximate surface area is 65.6 Å². The van der Waals surface area contributed by atoms with Crippen molar-refractivity contribution in [2.75, 3.05) is 0 Å². The van der Waals surface area contributed by atoms with E-state index in [2.05, 4.69) is 11.1 Å². The second kappa shape index (κ2) is 3.13. The molecule has 0 amide bonds. The molecule has 0 spiro atoms. The summed E-state index contributed by atoms with van der Waals surface area (Å²) in [4.78, 5) is 3.45.